The number of alkyl halides is 2. The van der Waals surface area contributed by atoms with Gasteiger partial charge in [-0.1, -0.05) is 18.2 Å². The summed E-state index contributed by atoms with van der Waals surface area (Å²) in [4.78, 5) is 23.3. The van der Waals surface area contributed by atoms with Crippen molar-refractivity contribution in [3.05, 3.63) is 60.1 Å². The third kappa shape index (κ3) is 6.46. The van der Waals surface area contributed by atoms with Crippen LogP contribution in [-0.2, 0) is 16.1 Å². The van der Waals surface area contributed by atoms with Crippen LogP contribution in [0.4, 0.5) is 8.78 Å². The van der Waals surface area contributed by atoms with Gasteiger partial charge in [0.1, 0.15) is 11.5 Å². The molecule has 2 aromatic rings. The average Bonchev–Trinajstić information content (AvgIpc) is 3.10. The lowest BCUT2D eigenvalue weighted by Crippen LogP contribution is -2.35. The van der Waals surface area contributed by atoms with E-state index in [0.29, 0.717) is 11.3 Å². The van der Waals surface area contributed by atoms with Gasteiger partial charge in [-0.25, -0.2) is 0 Å². The van der Waals surface area contributed by atoms with Crippen LogP contribution in [0.5, 0.6) is 5.75 Å². The van der Waals surface area contributed by atoms with E-state index in [-0.39, 0.29) is 24.7 Å². The minimum Gasteiger partial charge on any atom is -0.467 e. The van der Waals surface area contributed by atoms with Crippen molar-refractivity contribution in [3.8, 4) is 5.75 Å². The predicted molar refractivity (Wildman–Crippen MR) is 85.7 cm³/mol. The van der Waals surface area contributed by atoms with Crippen LogP contribution in [0.15, 0.2) is 53.2 Å². The van der Waals surface area contributed by atoms with Crippen molar-refractivity contribution in [1.82, 2.24) is 10.6 Å². The van der Waals surface area contributed by atoms with Crippen molar-refractivity contribution in [3.63, 3.8) is 0 Å². The van der Waals surface area contributed by atoms with Crippen LogP contribution in [0, 0.1) is 0 Å². The molecule has 1 aromatic carbocycles. The monoisotopic (exact) mass is 350 g/mol. The first-order valence-electron chi connectivity index (χ1n) is 7.33. The number of nitrogens with one attached hydrogen (secondary N) is 2. The van der Waals surface area contributed by atoms with Crippen molar-refractivity contribution in [2.75, 3.05) is 6.54 Å². The fraction of sp³-hybridized carbons (Fsp3) is 0.176. The molecule has 132 valence electrons. The lowest BCUT2D eigenvalue weighted by molar-refractivity contribution is -0.124. The topological polar surface area (TPSA) is 80.6 Å². The minimum absolute atomic E-state index is 0.0438. The van der Waals surface area contributed by atoms with Crippen LogP contribution < -0.4 is 15.4 Å². The minimum atomic E-state index is -2.96. The quantitative estimate of drug-likeness (QED) is 0.716. The van der Waals surface area contributed by atoms with Gasteiger partial charge in [-0.3, -0.25) is 9.59 Å². The van der Waals surface area contributed by atoms with E-state index in [4.69, 9.17) is 4.42 Å². The molecule has 0 saturated heterocycles. The summed E-state index contributed by atoms with van der Waals surface area (Å²) in [5.41, 5.74) is 0.320. The number of rotatable bonds is 8. The molecule has 0 aliphatic carbocycles. The molecule has 2 rings (SSSR count). The number of ether oxygens (including phenoxy) is 1. The Balaban J connectivity index is 1.79. The van der Waals surface area contributed by atoms with E-state index in [0.717, 1.165) is 6.08 Å². The summed E-state index contributed by atoms with van der Waals surface area (Å²) in [5, 5.41) is 4.96. The molecular formula is C17H16F2N2O4. The van der Waals surface area contributed by atoms with Gasteiger partial charge in [-0.15, -0.1) is 0 Å². The van der Waals surface area contributed by atoms with Gasteiger partial charge >= 0.3 is 6.61 Å². The van der Waals surface area contributed by atoms with Crippen LogP contribution in [0.1, 0.15) is 11.3 Å². The maximum absolute atomic E-state index is 12.3. The number of halogens is 2. The highest BCUT2D eigenvalue weighted by atomic mass is 19.3. The number of furan rings is 1. The highest BCUT2D eigenvalue weighted by Crippen LogP contribution is 2.21. The lowest BCUT2D eigenvalue weighted by Gasteiger charge is -2.07. The predicted octanol–water partition coefficient (Wildman–Crippen LogP) is 2.33. The van der Waals surface area contributed by atoms with Crippen LogP contribution >= 0.6 is 0 Å². The lowest BCUT2D eigenvalue weighted by atomic mass is 10.2. The molecule has 0 atom stereocenters. The normalized spacial score (nSPS) is 10.8. The maximum Gasteiger partial charge on any atom is 0.387 e. The highest BCUT2D eigenvalue weighted by molar-refractivity contribution is 5.94. The van der Waals surface area contributed by atoms with Gasteiger partial charge in [-0.2, -0.15) is 8.78 Å². The zero-order valence-corrected chi connectivity index (χ0v) is 13.1. The molecule has 0 spiro atoms. The largest absolute Gasteiger partial charge is 0.467 e. The Hall–Kier alpha value is -3.16. The number of hydrogen-bond acceptors (Lipinski definition) is 4. The van der Waals surface area contributed by atoms with Crippen molar-refractivity contribution in [1.29, 1.82) is 0 Å². The van der Waals surface area contributed by atoms with Gasteiger partial charge in [0.25, 0.3) is 0 Å². The molecule has 2 amide bonds. The fourth-order valence-corrected chi connectivity index (χ4v) is 1.87. The number of para-hydroxylation sites is 1. The van der Waals surface area contributed by atoms with Crippen molar-refractivity contribution in [2.24, 2.45) is 0 Å². The summed E-state index contributed by atoms with van der Waals surface area (Å²) in [6.45, 7) is -2.96. The molecule has 0 saturated carbocycles. The number of benzene rings is 1. The molecule has 0 fully saturated rings. The van der Waals surface area contributed by atoms with E-state index in [2.05, 4.69) is 15.4 Å². The third-order valence-corrected chi connectivity index (χ3v) is 3.01. The summed E-state index contributed by atoms with van der Waals surface area (Å²) in [5.74, 6) is -0.382. The van der Waals surface area contributed by atoms with E-state index in [1.54, 1.807) is 24.3 Å². The standard InChI is InChI=1S/C17H16F2N2O4/c18-17(19)25-14-6-2-1-4-12(14)7-8-15(22)21-11-16(23)20-10-13-5-3-9-24-13/h1-9,17H,10-11H2,(H,20,23)(H,21,22)/b8-7+. The van der Waals surface area contributed by atoms with Crippen LogP contribution in [0.2, 0.25) is 0 Å². The Labute approximate surface area is 142 Å². The molecule has 1 heterocycles. The molecule has 25 heavy (non-hydrogen) atoms. The SMILES string of the molecule is O=C(/C=C/c1ccccc1OC(F)F)NCC(=O)NCc1ccco1. The zero-order valence-electron chi connectivity index (χ0n) is 13.1. The average molecular weight is 350 g/mol. The van der Waals surface area contributed by atoms with E-state index >= 15 is 0 Å². The molecular weight excluding hydrogens is 334 g/mol. The van der Waals surface area contributed by atoms with E-state index in [1.807, 2.05) is 0 Å². The number of hydrogen-bond donors (Lipinski definition) is 2. The summed E-state index contributed by atoms with van der Waals surface area (Å²) < 4.78 is 34.0. The Morgan fingerprint density at radius 3 is 2.68 bits per heavy atom. The maximum atomic E-state index is 12.3. The highest BCUT2D eigenvalue weighted by Gasteiger charge is 2.08. The molecule has 8 heteroatoms. The molecule has 0 bridgehead atoms. The fourth-order valence-electron chi connectivity index (χ4n) is 1.87. The van der Waals surface area contributed by atoms with Crippen LogP contribution in [0.25, 0.3) is 6.08 Å². The Morgan fingerprint density at radius 2 is 1.96 bits per heavy atom. The first-order valence-corrected chi connectivity index (χ1v) is 7.33. The summed E-state index contributed by atoms with van der Waals surface area (Å²) in [6.07, 6.45) is 3.95. The Morgan fingerprint density at radius 1 is 1.16 bits per heavy atom. The van der Waals surface area contributed by atoms with Crippen LogP contribution in [-0.4, -0.2) is 25.0 Å². The molecule has 6 nitrogen and oxygen atoms in total. The Bertz CT molecular complexity index is 730. The molecule has 0 unspecified atom stereocenters. The van der Waals surface area contributed by atoms with Gasteiger partial charge in [0.15, 0.2) is 0 Å². The van der Waals surface area contributed by atoms with Gasteiger partial charge in [0.2, 0.25) is 11.8 Å². The van der Waals surface area contributed by atoms with Crippen molar-refractivity contribution < 1.29 is 27.5 Å². The van der Waals surface area contributed by atoms with E-state index in [1.165, 1.54) is 24.5 Å². The zero-order chi connectivity index (χ0) is 18.1. The molecule has 0 radical (unpaired) electrons. The number of carbonyl (C=O) groups excluding carboxylic acids is 2. The van der Waals surface area contributed by atoms with Crippen LogP contribution in [0.3, 0.4) is 0 Å². The van der Waals surface area contributed by atoms with Crippen molar-refractivity contribution in [2.45, 2.75) is 13.2 Å². The second kappa shape index (κ2) is 9.21. The summed E-state index contributed by atoms with van der Waals surface area (Å²) in [6, 6.07) is 9.46. The van der Waals surface area contributed by atoms with E-state index in [9.17, 15) is 18.4 Å². The smallest absolute Gasteiger partial charge is 0.387 e. The first-order chi connectivity index (χ1) is 12.0. The summed E-state index contributed by atoms with van der Waals surface area (Å²) in [7, 11) is 0. The van der Waals surface area contributed by atoms with Gasteiger partial charge in [0.05, 0.1) is 19.4 Å². The number of amides is 2. The van der Waals surface area contributed by atoms with Gasteiger partial charge in [-0.05, 0) is 24.3 Å². The molecule has 0 aliphatic heterocycles. The Kier molecular flexibility index (Phi) is 6.70. The third-order valence-electron chi connectivity index (χ3n) is 3.01. The molecule has 1 aromatic heterocycles. The van der Waals surface area contributed by atoms with Gasteiger partial charge in [0, 0.05) is 11.6 Å². The van der Waals surface area contributed by atoms with E-state index < -0.39 is 12.5 Å². The second-order valence-corrected chi connectivity index (χ2v) is 4.82. The summed E-state index contributed by atoms with van der Waals surface area (Å²) >= 11 is 0. The second-order valence-electron chi connectivity index (χ2n) is 4.82. The van der Waals surface area contributed by atoms with Gasteiger partial charge < -0.3 is 19.8 Å². The molecule has 2 N–H and O–H groups in total. The first kappa shape index (κ1) is 18.2. The molecule has 0 aliphatic rings. The van der Waals surface area contributed by atoms with Crippen molar-refractivity contribution >= 4 is 17.9 Å². The number of carbonyl (C=O) groups is 2.